The molecule has 0 N–H and O–H groups in total. The molecular weight excluding hydrogens is 320 g/mol. The first-order valence-electron chi connectivity index (χ1n) is 9.29. The Balaban J connectivity index is 2.50. The van der Waals surface area contributed by atoms with Gasteiger partial charge in [0.05, 0.1) is 0 Å². The summed E-state index contributed by atoms with van der Waals surface area (Å²) in [6.45, 7) is 12.1. The van der Waals surface area contributed by atoms with Crippen molar-refractivity contribution in [3.05, 3.63) is 77.4 Å². The second-order valence-corrected chi connectivity index (χ2v) is 6.92. The van der Waals surface area contributed by atoms with Gasteiger partial charge in [-0.25, -0.2) is 4.79 Å². The molecule has 0 unspecified atom stereocenters. The Bertz CT molecular complexity index is 686. The molecule has 0 saturated carbocycles. The van der Waals surface area contributed by atoms with Crippen LogP contribution in [0.1, 0.15) is 58.9 Å². The third kappa shape index (κ3) is 9.22. The van der Waals surface area contributed by atoms with E-state index >= 15 is 0 Å². The van der Waals surface area contributed by atoms with Crippen LogP contribution >= 0.6 is 0 Å². The van der Waals surface area contributed by atoms with Crippen LogP contribution in [0.15, 0.2) is 71.9 Å². The summed E-state index contributed by atoms with van der Waals surface area (Å²) in [5.41, 5.74) is 4.77. The number of para-hydroxylation sites is 1. The minimum Gasteiger partial charge on any atom is -0.423 e. The summed E-state index contributed by atoms with van der Waals surface area (Å²) >= 11 is 0. The van der Waals surface area contributed by atoms with E-state index in [1.807, 2.05) is 31.2 Å². The van der Waals surface area contributed by atoms with Crippen molar-refractivity contribution in [2.75, 3.05) is 0 Å². The molecule has 1 aromatic rings. The molecule has 2 heteroatoms. The van der Waals surface area contributed by atoms with E-state index in [-0.39, 0.29) is 5.97 Å². The minimum atomic E-state index is -0.316. The van der Waals surface area contributed by atoms with Crippen molar-refractivity contribution in [3.63, 3.8) is 0 Å². The van der Waals surface area contributed by atoms with E-state index in [2.05, 4.69) is 39.5 Å². The Hall–Kier alpha value is -2.35. The molecule has 1 rings (SSSR count). The Morgan fingerprint density at radius 1 is 1.00 bits per heavy atom. The summed E-state index contributed by atoms with van der Waals surface area (Å²) in [6.07, 6.45) is 12.6. The molecule has 0 aliphatic rings. The summed E-state index contributed by atoms with van der Waals surface area (Å²) in [4.78, 5) is 12.1. The Kier molecular flexibility index (Phi) is 10.1. The lowest BCUT2D eigenvalue weighted by atomic mass is 10.1. The van der Waals surface area contributed by atoms with Crippen LogP contribution in [0.4, 0.5) is 0 Å². The summed E-state index contributed by atoms with van der Waals surface area (Å²) < 4.78 is 5.49. The summed E-state index contributed by atoms with van der Waals surface area (Å²) in [6, 6.07) is 7.57. The third-order valence-corrected chi connectivity index (χ3v) is 4.03. The largest absolute Gasteiger partial charge is 0.423 e. The van der Waals surface area contributed by atoms with Gasteiger partial charge in [0.25, 0.3) is 0 Å². The fourth-order valence-corrected chi connectivity index (χ4v) is 2.58. The standard InChI is InChI=1S/C24H32O2/c1-6-11-22-16-7-8-17-23(22)26-24(25)18-21(5)15-10-14-20(4)13-9-12-19(2)3/h6-8,12,14,16-18H,1,9-11,13,15H2,2-5H3/b20-14+,21-18+. The van der Waals surface area contributed by atoms with Gasteiger partial charge in [-0.3, -0.25) is 0 Å². The van der Waals surface area contributed by atoms with E-state index in [0.29, 0.717) is 12.2 Å². The van der Waals surface area contributed by atoms with Crippen molar-refractivity contribution < 1.29 is 9.53 Å². The zero-order valence-electron chi connectivity index (χ0n) is 16.7. The minimum absolute atomic E-state index is 0.316. The van der Waals surface area contributed by atoms with Crippen LogP contribution in [0.3, 0.4) is 0 Å². The quantitative estimate of drug-likeness (QED) is 0.202. The van der Waals surface area contributed by atoms with Gasteiger partial charge < -0.3 is 4.74 Å². The fraction of sp³-hybridized carbons (Fsp3) is 0.375. The second kappa shape index (κ2) is 12.1. The number of ether oxygens (including phenoxy) is 1. The molecule has 0 atom stereocenters. The molecule has 0 bridgehead atoms. The molecule has 0 aromatic heterocycles. The monoisotopic (exact) mass is 352 g/mol. The van der Waals surface area contributed by atoms with Gasteiger partial charge in [0.2, 0.25) is 0 Å². The van der Waals surface area contributed by atoms with Crippen molar-refractivity contribution in [2.45, 2.75) is 59.8 Å². The molecule has 0 fully saturated rings. The molecule has 0 heterocycles. The highest BCUT2D eigenvalue weighted by Crippen LogP contribution is 2.19. The van der Waals surface area contributed by atoms with Crippen LogP contribution in [0, 0.1) is 0 Å². The van der Waals surface area contributed by atoms with Crippen molar-refractivity contribution in [1.29, 1.82) is 0 Å². The molecule has 0 radical (unpaired) electrons. The molecule has 0 saturated heterocycles. The molecule has 0 spiro atoms. The van der Waals surface area contributed by atoms with Crippen molar-refractivity contribution >= 4 is 5.97 Å². The number of hydrogen-bond donors (Lipinski definition) is 0. The van der Waals surface area contributed by atoms with E-state index in [1.54, 1.807) is 12.2 Å². The first-order chi connectivity index (χ1) is 12.4. The lowest BCUT2D eigenvalue weighted by molar-refractivity contribution is -0.129. The number of rotatable bonds is 10. The Labute approximate surface area is 159 Å². The topological polar surface area (TPSA) is 26.3 Å². The summed E-state index contributed by atoms with van der Waals surface area (Å²) in [7, 11) is 0. The summed E-state index contributed by atoms with van der Waals surface area (Å²) in [5.74, 6) is 0.291. The van der Waals surface area contributed by atoms with E-state index in [4.69, 9.17) is 4.74 Å². The molecule has 1 aromatic carbocycles. The van der Waals surface area contributed by atoms with Crippen LogP contribution in [0.25, 0.3) is 0 Å². The maximum atomic E-state index is 12.1. The average molecular weight is 353 g/mol. The van der Waals surface area contributed by atoms with Crippen molar-refractivity contribution in [1.82, 2.24) is 0 Å². The normalized spacial score (nSPS) is 11.8. The zero-order chi connectivity index (χ0) is 19.4. The molecule has 0 amide bonds. The van der Waals surface area contributed by atoms with E-state index in [0.717, 1.165) is 36.8 Å². The number of carbonyl (C=O) groups is 1. The zero-order valence-corrected chi connectivity index (χ0v) is 16.7. The molecule has 26 heavy (non-hydrogen) atoms. The lowest BCUT2D eigenvalue weighted by Crippen LogP contribution is -2.06. The van der Waals surface area contributed by atoms with Gasteiger partial charge in [0, 0.05) is 6.08 Å². The van der Waals surface area contributed by atoms with Crippen LogP contribution < -0.4 is 4.74 Å². The molecule has 0 aliphatic carbocycles. The van der Waals surface area contributed by atoms with Gasteiger partial charge in [-0.1, -0.05) is 53.1 Å². The number of allylic oxidation sites excluding steroid dienone is 6. The van der Waals surface area contributed by atoms with Crippen molar-refractivity contribution in [3.8, 4) is 5.75 Å². The third-order valence-electron chi connectivity index (χ3n) is 4.03. The number of hydrogen-bond acceptors (Lipinski definition) is 2. The summed E-state index contributed by atoms with van der Waals surface area (Å²) in [5, 5.41) is 0. The van der Waals surface area contributed by atoms with Gasteiger partial charge in [-0.15, -0.1) is 6.58 Å². The second-order valence-electron chi connectivity index (χ2n) is 6.92. The molecule has 140 valence electrons. The molecular formula is C24H32O2. The van der Waals surface area contributed by atoms with Gasteiger partial charge in [-0.05, 0) is 71.4 Å². The van der Waals surface area contributed by atoms with Crippen LogP contribution in [0.5, 0.6) is 5.75 Å². The van der Waals surface area contributed by atoms with Crippen LogP contribution in [-0.2, 0) is 11.2 Å². The molecule has 2 nitrogen and oxygen atoms in total. The number of benzene rings is 1. The number of carbonyl (C=O) groups excluding carboxylic acids is 1. The van der Waals surface area contributed by atoms with E-state index in [1.165, 1.54) is 11.1 Å². The van der Waals surface area contributed by atoms with E-state index in [9.17, 15) is 4.79 Å². The maximum absolute atomic E-state index is 12.1. The van der Waals surface area contributed by atoms with Crippen LogP contribution in [0.2, 0.25) is 0 Å². The van der Waals surface area contributed by atoms with Gasteiger partial charge >= 0.3 is 5.97 Å². The van der Waals surface area contributed by atoms with Gasteiger partial charge in [0.15, 0.2) is 0 Å². The number of esters is 1. The maximum Gasteiger partial charge on any atom is 0.336 e. The Morgan fingerprint density at radius 2 is 1.65 bits per heavy atom. The van der Waals surface area contributed by atoms with Gasteiger partial charge in [0.1, 0.15) is 5.75 Å². The highest BCUT2D eigenvalue weighted by atomic mass is 16.5. The predicted octanol–water partition coefficient (Wildman–Crippen LogP) is 6.74. The smallest absolute Gasteiger partial charge is 0.336 e. The first kappa shape index (κ1) is 21.7. The first-order valence-corrected chi connectivity index (χ1v) is 9.29. The molecule has 0 aliphatic heterocycles. The SMILES string of the molecule is C=CCc1ccccc1OC(=O)/C=C(\C)CC/C=C(\C)CCC=C(C)C. The van der Waals surface area contributed by atoms with Crippen LogP contribution in [-0.4, -0.2) is 5.97 Å². The van der Waals surface area contributed by atoms with Gasteiger partial charge in [-0.2, -0.15) is 0 Å². The van der Waals surface area contributed by atoms with E-state index < -0.39 is 0 Å². The highest BCUT2D eigenvalue weighted by Gasteiger charge is 2.06. The lowest BCUT2D eigenvalue weighted by Gasteiger charge is -2.07. The Morgan fingerprint density at radius 3 is 2.35 bits per heavy atom. The average Bonchev–Trinajstić information content (AvgIpc) is 2.56. The fourth-order valence-electron chi connectivity index (χ4n) is 2.58. The van der Waals surface area contributed by atoms with Crippen molar-refractivity contribution in [2.24, 2.45) is 0 Å². The highest BCUT2D eigenvalue weighted by molar-refractivity contribution is 5.85. The predicted molar refractivity (Wildman–Crippen MR) is 111 cm³/mol.